The maximum atomic E-state index is 11.8. The van der Waals surface area contributed by atoms with Gasteiger partial charge in [0.1, 0.15) is 5.75 Å². The number of methoxy groups -OCH3 is 1. The molecule has 0 aromatic heterocycles. The molecule has 0 fully saturated rings. The predicted octanol–water partition coefficient (Wildman–Crippen LogP) is 3.85. The molecule has 0 radical (unpaired) electrons. The van der Waals surface area contributed by atoms with Gasteiger partial charge in [-0.3, -0.25) is 0 Å². The van der Waals surface area contributed by atoms with Crippen LogP contribution >= 0.6 is 0 Å². The van der Waals surface area contributed by atoms with Crippen LogP contribution in [0.3, 0.4) is 0 Å². The van der Waals surface area contributed by atoms with Crippen molar-refractivity contribution in [2.45, 2.75) is 0 Å². The SMILES string of the molecule is COc1ccc(/C([O-])=C/C=C2C=CC=C2)cc1.[Fe+2].c1cc[cH-]c1. The van der Waals surface area contributed by atoms with Crippen molar-refractivity contribution in [3.05, 3.63) is 102 Å². The number of ether oxygens (including phenoxy) is 1. The van der Waals surface area contributed by atoms with Crippen molar-refractivity contribution in [2.75, 3.05) is 7.11 Å². The van der Waals surface area contributed by atoms with E-state index in [1.807, 2.05) is 60.7 Å². The molecule has 0 atom stereocenters. The minimum Gasteiger partial charge on any atom is -0.872 e. The molecule has 2 aromatic carbocycles. The third-order valence-corrected chi connectivity index (χ3v) is 3.05. The van der Waals surface area contributed by atoms with Gasteiger partial charge in [0.25, 0.3) is 0 Å². The molecule has 0 heterocycles. The van der Waals surface area contributed by atoms with Crippen molar-refractivity contribution < 1.29 is 26.9 Å². The minimum absolute atomic E-state index is 0. The Morgan fingerprint density at radius 1 is 1.04 bits per heavy atom. The van der Waals surface area contributed by atoms with Crippen LogP contribution in [0.15, 0.2) is 96.6 Å². The second kappa shape index (κ2) is 10.4. The summed E-state index contributed by atoms with van der Waals surface area (Å²) in [6.45, 7) is 0. The summed E-state index contributed by atoms with van der Waals surface area (Å²) in [6, 6.07) is 17.1. The molecule has 118 valence electrons. The molecular weight excluding hydrogens is 328 g/mol. The van der Waals surface area contributed by atoms with Crippen molar-refractivity contribution in [1.29, 1.82) is 0 Å². The van der Waals surface area contributed by atoms with Crippen molar-refractivity contribution in [2.24, 2.45) is 0 Å². The number of allylic oxidation sites excluding steroid dienone is 7. The smallest absolute Gasteiger partial charge is 0.872 e. The standard InChI is InChI=1S/C15H14O2.C5H5.Fe/c1-17-14-9-7-13(8-10-14)15(16)11-6-12-4-2-3-5-12;1-2-4-5-3-1;/h2-11,16H,1H3;1-5H;/q;-1;+2/p-1/b15-11-;;. The second-order valence-electron chi connectivity index (χ2n) is 4.61. The molecule has 1 aliphatic carbocycles. The molecule has 0 spiro atoms. The van der Waals surface area contributed by atoms with E-state index in [2.05, 4.69) is 0 Å². The van der Waals surface area contributed by atoms with E-state index in [9.17, 15) is 5.11 Å². The van der Waals surface area contributed by atoms with E-state index in [1.165, 1.54) is 0 Å². The average molecular weight is 346 g/mol. The fraction of sp³-hybridized carbons (Fsp3) is 0.0500. The molecule has 2 nitrogen and oxygen atoms in total. The molecule has 3 heteroatoms. The van der Waals surface area contributed by atoms with Crippen molar-refractivity contribution in [1.82, 2.24) is 0 Å². The average Bonchev–Trinajstić information content (AvgIpc) is 3.28. The van der Waals surface area contributed by atoms with Crippen LogP contribution in [-0.2, 0) is 17.1 Å². The Hall–Kier alpha value is -2.35. The van der Waals surface area contributed by atoms with Gasteiger partial charge in [0.2, 0.25) is 0 Å². The summed E-state index contributed by atoms with van der Waals surface area (Å²) in [7, 11) is 1.60. The van der Waals surface area contributed by atoms with Crippen LogP contribution < -0.4 is 9.84 Å². The zero-order valence-corrected chi connectivity index (χ0v) is 13.9. The van der Waals surface area contributed by atoms with E-state index in [1.54, 1.807) is 37.5 Å². The summed E-state index contributed by atoms with van der Waals surface area (Å²) in [5, 5.41) is 11.8. The minimum atomic E-state index is -0.00569. The van der Waals surface area contributed by atoms with E-state index in [0.29, 0.717) is 5.56 Å². The van der Waals surface area contributed by atoms with Crippen LogP contribution in [0, 0.1) is 0 Å². The number of rotatable bonds is 3. The summed E-state index contributed by atoms with van der Waals surface area (Å²) < 4.78 is 5.04. The zero-order chi connectivity index (χ0) is 15.6. The van der Waals surface area contributed by atoms with Crippen LogP contribution in [0.4, 0.5) is 0 Å². The fourth-order valence-corrected chi connectivity index (χ4v) is 1.84. The quantitative estimate of drug-likeness (QED) is 0.480. The first-order valence-corrected chi connectivity index (χ1v) is 7.04. The summed E-state index contributed by atoms with van der Waals surface area (Å²) in [6.07, 6.45) is 11.2. The number of benzene rings is 1. The summed E-state index contributed by atoms with van der Waals surface area (Å²) in [5.74, 6) is 0.746. The molecule has 3 rings (SSSR count). The number of hydrogen-bond acceptors (Lipinski definition) is 2. The zero-order valence-electron chi connectivity index (χ0n) is 12.8. The molecule has 1 aliphatic rings. The molecule has 0 N–H and O–H groups in total. The molecule has 0 aliphatic heterocycles. The van der Waals surface area contributed by atoms with Crippen molar-refractivity contribution in [3.8, 4) is 5.75 Å². The molecule has 0 amide bonds. The molecular formula is C20H18FeO2. The predicted molar refractivity (Wildman–Crippen MR) is 89.4 cm³/mol. The van der Waals surface area contributed by atoms with Crippen molar-refractivity contribution in [3.63, 3.8) is 0 Å². The van der Waals surface area contributed by atoms with Gasteiger partial charge in [0.15, 0.2) is 0 Å². The Balaban J connectivity index is 0.000000377. The van der Waals surface area contributed by atoms with Gasteiger partial charge in [-0.25, -0.2) is 12.1 Å². The van der Waals surface area contributed by atoms with Crippen molar-refractivity contribution >= 4 is 5.76 Å². The second-order valence-corrected chi connectivity index (χ2v) is 4.61. The van der Waals surface area contributed by atoms with Gasteiger partial charge in [-0.15, -0.1) is 5.76 Å². The summed E-state index contributed by atoms with van der Waals surface area (Å²) in [5.41, 5.74) is 1.69. The Morgan fingerprint density at radius 2 is 1.65 bits per heavy atom. The van der Waals surface area contributed by atoms with Crippen LogP contribution in [0.5, 0.6) is 5.75 Å². The van der Waals surface area contributed by atoms with E-state index in [-0.39, 0.29) is 22.8 Å². The van der Waals surface area contributed by atoms with Crippen LogP contribution in [0.25, 0.3) is 5.76 Å². The maximum absolute atomic E-state index is 11.8. The first-order chi connectivity index (χ1) is 10.8. The van der Waals surface area contributed by atoms with E-state index >= 15 is 0 Å². The molecule has 2 aromatic rings. The first kappa shape index (κ1) is 18.7. The topological polar surface area (TPSA) is 32.3 Å². The van der Waals surface area contributed by atoms with Gasteiger partial charge < -0.3 is 9.84 Å². The van der Waals surface area contributed by atoms with Crippen LogP contribution in [0.1, 0.15) is 5.56 Å². The maximum Gasteiger partial charge on any atom is 2.00 e. The summed E-state index contributed by atoms with van der Waals surface area (Å²) in [4.78, 5) is 0. The van der Waals surface area contributed by atoms with Crippen LogP contribution in [0.2, 0.25) is 0 Å². The Labute approximate surface area is 148 Å². The first-order valence-electron chi connectivity index (χ1n) is 7.04. The van der Waals surface area contributed by atoms with E-state index in [0.717, 1.165) is 11.3 Å². The Bertz CT molecular complexity index is 644. The van der Waals surface area contributed by atoms with Gasteiger partial charge in [0, 0.05) is 0 Å². The monoisotopic (exact) mass is 346 g/mol. The third kappa shape index (κ3) is 6.52. The Morgan fingerprint density at radius 3 is 2.13 bits per heavy atom. The number of hydrogen-bond donors (Lipinski definition) is 0. The van der Waals surface area contributed by atoms with E-state index < -0.39 is 0 Å². The fourth-order valence-electron chi connectivity index (χ4n) is 1.84. The Kier molecular flexibility index (Phi) is 8.44. The third-order valence-electron chi connectivity index (χ3n) is 3.05. The molecule has 23 heavy (non-hydrogen) atoms. The largest absolute Gasteiger partial charge is 2.00 e. The van der Waals surface area contributed by atoms with E-state index in [4.69, 9.17) is 4.74 Å². The van der Waals surface area contributed by atoms with Gasteiger partial charge in [0.05, 0.1) is 7.11 Å². The van der Waals surface area contributed by atoms with Gasteiger partial charge >= 0.3 is 17.1 Å². The molecule has 0 unspecified atom stereocenters. The molecule has 0 saturated carbocycles. The van der Waals surface area contributed by atoms with Crippen LogP contribution in [-0.4, -0.2) is 7.11 Å². The van der Waals surface area contributed by atoms with Gasteiger partial charge in [-0.2, -0.15) is 18.2 Å². The molecule has 0 bridgehead atoms. The van der Waals surface area contributed by atoms with Gasteiger partial charge in [-0.05, 0) is 23.3 Å². The normalized spacial score (nSPS) is 12.2. The van der Waals surface area contributed by atoms with Gasteiger partial charge in [-0.1, -0.05) is 48.6 Å². The molecule has 0 saturated heterocycles. The summed E-state index contributed by atoms with van der Waals surface area (Å²) >= 11 is 0.